The average Bonchev–Trinajstić information content (AvgIpc) is 2.75. The highest BCUT2D eigenvalue weighted by atomic mass is 14.4. The second-order valence-electron chi connectivity index (χ2n) is 8.88. The monoisotopic (exact) mass is 316 g/mol. The van der Waals surface area contributed by atoms with E-state index in [0.29, 0.717) is 5.41 Å². The van der Waals surface area contributed by atoms with Gasteiger partial charge in [0.1, 0.15) is 0 Å². The van der Waals surface area contributed by atoms with Gasteiger partial charge in [-0.25, -0.2) is 0 Å². The Balaban J connectivity index is 0.000000300. The zero-order valence-electron chi connectivity index (χ0n) is 15.8. The van der Waals surface area contributed by atoms with Gasteiger partial charge < -0.3 is 0 Å². The van der Waals surface area contributed by atoms with Crippen LogP contribution in [0.5, 0.6) is 0 Å². The van der Waals surface area contributed by atoms with Crippen molar-refractivity contribution in [1.82, 2.24) is 0 Å². The van der Waals surface area contributed by atoms with Gasteiger partial charge in [0.2, 0.25) is 0 Å². The largest absolute Gasteiger partial charge is 0.0619 e. The first-order chi connectivity index (χ1) is 11.2. The fourth-order valence-electron chi connectivity index (χ4n) is 3.47. The Morgan fingerprint density at radius 1 is 0.667 bits per heavy atom. The van der Waals surface area contributed by atoms with Gasteiger partial charge in [-0.1, -0.05) is 102 Å². The smallest absolute Gasteiger partial charge is 0.0159 e. The van der Waals surface area contributed by atoms with Crippen LogP contribution in [0.1, 0.15) is 52.7 Å². The number of hydrogen-bond donors (Lipinski definition) is 0. The van der Waals surface area contributed by atoms with Crippen LogP contribution in [0, 0.1) is 5.41 Å². The van der Waals surface area contributed by atoms with Crippen molar-refractivity contribution in [2.45, 2.75) is 47.0 Å². The predicted molar refractivity (Wildman–Crippen MR) is 107 cm³/mol. The van der Waals surface area contributed by atoms with E-state index in [1.165, 1.54) is 33.0 Å². The van der Waals surface area contributed by atoms with Crippen molar-refractivity contribution < 1.29 is 0 Å². The van der Waals surface area contributed by atoms with Gasteiger partial charge in [-0.3, -0.25) is 0 Å². The molecule has 0 aliphatic heterocycles. The highest BCUT2D eigenvalue weighted by Gasteiger charge is 2.35. The molecule has 1 aliphatic carbocycles. The fraction of sp³-hybridized carbons (Fsp3) is 0.333. The molecule has 0 saturated carbocycles. The van der Waals surface area contributed by atoms with Crippen molar-refractivity contribution in [2.75, 3.05) is 0 Å². The molecule has 3 aromatic carbocycles. The van der Waals surface area contributed by atoms with E-state index in [9.17, 15) is 0 Å². The molecule has 4 rings (SSSR count). The lowest BCUT2D eigenvalue weighted by molar-refractivity contribution is 0.469. The molecule has 124 valence electrons. The van der Waals surface area contributed by atoms with Crippen LogP contribution < -0.4 is 0 Å². The molecular formula is C24H28. The Labute approximate surface area is 146 Å². The molecule has 0 amide bonds. The molecule has 24 heavy (non-hydrogen) atoms. The Morgan fingerprint density at radius 2 is 1.25 bits per heavy atom. The van der Waals surface area contributed by atoms with E-state index >= 15 is 0 Å². The summed E-state index contributed by atoms with van der Waals surface area (Å²) in [5.41, 5.74) is 6.34. The molecule has 0 atom stereocenters. The summed E-state index contributed by atoms with van der Waals surface area (Å²) < 4.78 is 0. The Hall–Kier alpha value is -2.08. The lowest BCUT2D eigenvalue weighted by Gasteiger charge is -2.21. The van der Waals surface area contributed by atoms with Gasteiger partial charge in [0, 0.05) is 5.41 Å². The predicted octanol–water partition coefficient (Wildman–Crippen LogP) is 7.20. The quantitative estimate of drug-likeness (QED) is 0.411. The summed E-state index contributed by atoms with van der Waals surface area (Å²) in [6.45, 7) is 13.4. The first-order valence-electron chi connectivity index (χ1n) is 8.82. The summed E-state index contributed by atoms with van der Waals surface area (Å²) in [4.78, 5) is 0. The Kier molecular flexibility index (Phi) is 4.03. The summed E-state index contributed by atoms with van der Waals surface area (Å²) in [6.07, 6.45) is 0. The van der Waals surface area contributed by atoms with Crippen molar-refractivity contribution in [2.24, 2.45) is 5.41 Å². The second kappa shape index (κ2) is 5.77. The average molecular weight is 316 g/mol. The van der Waals surface area contributed by atoms with Crippen LogP contribution in [0.2, 0.25) is 0 Å². The summed E-state index contributed by atoms with van der Waals surface area (Å²) in [5, 5.41) is 2.70. The van der Waals surface area contributed by atoms with Gasteiger partial charge in [-0.05, 0) is 38.4 Å². The Morgan fingerprint density at radius 3 is 1.96 bits per heavy atom. The minimum absolute atomic E-state index is 0.107. The molecule has 3 aromatic rings. The van der Waals surface area contributed by atoms with Crippen LogP contribution in [0.4, 0.5) is 0 Å². The highest BCUT2D eigenvalue weighted by Crippen LogP contribution is 2.50. The number of hydrogen-bond acceptors (Lipinski definition) is 0. The highest BCUT2D eigenvalue weighted by molar-refractivity contribution is 6.02. The number of fused-ring (bicyclic) bond motifs is 5. The van der Waals surface area contributed by atoms with Crippen LogP contribution in [0.25, 0.3) is 21.9 Å². The summed E-state index contributed by atoms with van der Waals surface area (Å²) in [7, 11) is 0. The van der Waals surface area contributed by atoms with Crippen LogP contribution in [-0.2, 0) is 5.41 Å². The summed E-state index contributed by atoms with van der Waals surface area (Å²) in [5.74, 6) is 0. The van der Waals surface area contributed by atoms with E-state index in [1.807, 2.05) is 0 Å². The fourth-order valence-corrected chi connectivity index (χ4v) is 3.47. The van der Waals surface area contributed by atoms with Gasteiger partial charge in [-0.2, -0.15) is 0 Å². The van der Waals surface area contributed by atoms with Crippen molar-refractivity contribution in [3.8, 4) is 11.1 Å². The molecule has 0 saturated heterocycles. The lowest BCUT2D eigenvalue weighted by atomic mass is 9.82. The van der Waals surface area contributed by atoms with Gasteiger partial charge in [-0.15, -0.1) is 0 Å². The standard InChI is InChI=1S/C19H16.C5H12/c1-19(2)16-10-6-5-9-15(16)18-14-8-4-3-7-13(14)11-12-17(18)19;1-5(2,3)4/h3-12H,1-2H3;1-4H3. The minimum atomic E-state index is 0.107. The molecule has 0 nitrogen and oxygen atoms in total. The third-order valence-electron chi connectivity index (χ3n) is 4.47. The van der Waals surface area contributed by atoms with E-state index in [0.717, 1.165) is 0 Å². The number of benzene rings is 3. The maximum Gasteiger partial charge on any atom is 0.0159 e. The third kappa shape index (κ3) is 2.98. The van der Waals surface area contributed by atoms with E-state index in [1.54, 1.807) is 0 Å². The zero-order chi connectivity index (χ0) is 17.5. The molecular weight excluding hydrogens is 288 g/mol. The van der Waals surface area contributed by atoms with Gasteiger partial charge in [0.15, 0.2) is 0 Å². The third-order valence-corrected chi connectivity index (χ3v) is 4.47. The molecule has 0 spiro atoms. The Bertz CT molecular complexity index is 870. The molecule has 0 bridgehead atoms. The molecule has 0 heterocycles. The van der Waals surface area contributed by atoms with E-state index in [2.05, 4.69) is 102 Å². The molecule has 0 radical (unpaired) electrons. The van der Waals surface area contributed by atoms with Gasteiger partial charge >= 0.3 is 0 Å². The topological polar surface area (TPSA) is 0 Å². The van der Waals surface area contributed by atoms with Crippen molar-refractivity contribution in [3.05, 3.63) is 71.8 Å². The van der Waals surface area contributed by atoms with E-state index in [-0.39, 0.29) is 5.41 Å². The first kappa shape index (κ1) is 16.8. The summed E-state index contributed by atoms with van der Waals surface area (Å²) in [6, 6.07) is 22.1. The second-order valence-corrected chi connectivity index (χ2v) is 8.88. The van der Waals surface area contributed by atoms with Crippen molar-refractivity contribution in [3.63, 3.8) is 0 Å². The van der Waals surface area contributed by atoms with E-state index in [4.69, 9.17) is 0 Å². The van der Waals surface area contributed by atoms with Crippen molar-refractivity contribution >= 4 is 10.8 Å². The molecule has 0 heteroatoms. The normalized spacial score (nSPS) is 14.6. The van der Waals surface area contributed by atoms with Crippen LogP contribution in [0.3, 0.4) is 0 Å². The van der Waals surface area contributed by atoms with Crippen LogP contribution in [-0.4, -0.2) is 0 Å². The molecule has 0 unspecified atom stereocenters. The maximum atomic E-state index is 2.33. The van der Waals surface area contributed by atoms with Crippen LogP contribution in [0.15, 0.2) is 60.7 Å². The molecule has 0 aromatic heterocycles. The van der Waals surface area contributed by atoms with E-state index < -0.39 is 0 Å². The number of rotatable bonds is 0. The zero-order valence-corrected chi connectivity index (χ0v) is 15.8. The first-order valence-corrected chi connectivity index (χ1v) is 8.82. The van der Waals surface area contributed by atoms with Crippen molar-refractivity contribution in [1.29, 1.82) is 0 Å². The summed E-state index contributed by atoms with van der Waals surface area (Å²) >= 11 is 0. The minimum Gasteiger partial charge on any atom is -0.0619 e. The maximum absolute atomic E-state index is 2.33. The van der Waals surface area contributed by atoms with Crippen LogP contribution >= 0.6 is 0 Å². The molecule has 1 aliphatic rings. The molecule has 0 N–H and O–H groups in total. The lowest BCUT2D eigenvalue weighted by Crippen LogP contribution is -2.14. The SMILES string of the molecule is CC(C)(C)C.CC1(C)c2ccccc2-c2c1ccc1ccccc21. The molecule has 0 fully saturated rings. The van der Waals surface area contributed by atoms with Gasteiger partial charge in [0.05, 0.1) is 0 Å². The van der Waals surface area contributed by atoms with Gasteiger partial charge in [0.25, 0.3) is 0 Å².